The Balaban J connectivity index is 1.89. The molecule has 1 aliphatic heterocycles. The van der Waals surface area contributed by atoms with Crippen molar-refractivity contribution in [2.75, 3.05) is 13.1 Å². The van der Waals surface area contributed by atoms with Crippen molar-refractivity contribution in [2.45, 2.75) is 64.0 Å². The second kappa shape index (κ2) is 5.32. The van der Waals surface area contributed by atoms with Crippen LogP contribution in [0.15, 0.2) is 4.99 Å². The summed E-state index contributed by atoms with van der Waals surface area (Å²) in [6.07, 6.45) is 9.15. The Hall–Kier alpha value is -0.660. The first-order chi connectivity index (χ1) is 8.14. The van der Waals surface area contributed by atoms with Crippen LogP contribution in [-0.4, -0.2) is 35.7 Å². The largest absolute Gasteiger partial charge is 0.298 e. The van der Waals surface area contributed by atoms with E-state index < -0.39 is 0 Å². The van der Waals surface area contributed by atoms with Gasteiger partial charge in [-0.15, -0.1) is 0 Å². The maximum absolute atomic E-state index is 10.3. The fourth-order valence-electron chi connectivity index (χ4n) is 3.31. The van der Waals surface area contributed by atoms with Crippen LogP contribution >= 0.6 is 0 Å². The number of aliphatic imine (C=N–C) groups is 1. The number of hydrogen-bond donors (Lipinski definition) is 0. The molecule has 0 atom stereocenters. The molecule has 0 aromatic heterocycles. The van der Waals surface area contributed by atoms with Crippen molar-refractivity contribution in [2.24, 2.45) is 10.9 Å². The summed E-state index contributed by atoms with van der Waals surface area (Å²) >= 11 is 0. The molecule has 1 saturated carbocycles. The van der Waals surface area contributed by atoms with Crippen LogP contribution in [0.5, 0.6) is 0 Å². The van der Waals surface area contributed by atoms with Gasteiger partial charge in [0.1, 0.15) is 0 Å². The zero-order valence-electron chi connectivity index (χ0n) is 11.1. The van der Waals surface area contributed by atoms with Crippen LogP contribution in [0.2, 0.25) is 0 Å². The van der Waals surface area contributed by atoms with Gasteiger partial charge in [0.25, 0.3) is 0 Å². The first-order valence-corrected chi connectivity index (χ1v) is 6.96. The molecular weight excluding hydrogens is 212 g/mol. The Morgan fingerprint density at radius 1 is 1.18 bits per heavy atom. The smallest absolute Gasteiger partial charge is 0.235 e. The number of piperidine rings is 1. The molecule has 2 fully saturated rings. The molecule has 3 heteroatoms. The predicted octanol–water partition coefficient (Wildman–Crippen LogP) is 2.76. The number of nitrogens with zero attached hydrogens (tertiary/aromatic N) is 2. The highest BCUT2D eigenvalue weighted by Crippen LogP contribution is 2.37. The van der Waals surface area contributed by atoms with Crippen LogP contribution in [0.25, 0.3) is 0 Å². The van der Waals surface area contributed by atoms with Gasteiger partial charge in [0.05, 0.1) is 6.04 Å². The van der Waals surface area contributed by atoms with Gasteiger partial charge < -0.3 is 0 Å². The maximum Gasteiger partial charge on any atom is 0.235 e. The summed E-state index contributed by atoms with van der Waals surface area (Å²) in [7, 11) is 0. The summed E-state index contributed by atoms with van der Waals surface area (Å²) in [5.74, 6) is 0.903. The van der Waals surface area contributed by atoms with E-state index in [1.807, 2.05) is 0 Å². The van der Waals surface area contributed by atoms with Gasteiger partial charge in [0.2, 0.25) is 6.08 Å². The number of rotatable bonds is 2. The quantitative estimate of drug-likeness (QED) is 0.545. The average Bonchev–Trinajstić information content (AvgIpc) is 2.35. The van der Waals surface area contributed by atoms with E-state index in [4.69, 9.17) is 0 Å². The Labute approximate surface area is 104 Å². The Kier molecular flexibility index (Phi) is 4.01. The van der Waals surface area contributed by atoms with Crippen LogP contribution in [-0.2, 0) is 4.79 Å². The molecule has 96 valence electrons. The SMILES string of the molecule is CC1CCC(C)(N2CCC(N=C=O)CC2)CC1. The van der Waals surface area contributed by atoms with Gasteiger partial charge in [0, 0.05) is 18.6 Å². The lowest BCUT2D eigenvalue weighted by atomic mass is 9.76. The van der Waals surface area contributed by atoms with Crippen LogP contribution in [0.4, 0.5) is 0 Å². The molecule has 17 heavy (non-hydrogen) atoms. The second-order valence-electron chi connectivity index (χ2n) is 6.12. The predicted molar refractivity (Wildman–Crippen MR) is 68.8 cm³/mol. The standard InChI is InChI=1S/C14H24N2O/c1-12-3-7-14(2,8-4-12)16-9-5-13(6-10-16)15-11-17/h12-13H,3-10H2,1-2H3. The molecule has 0 aromatic carbocycles. The second-order valence-corrected chi connectivity index (χ2v) is 6.12. The van der Waals surface area contributed by atoms with Crippen molar-refractivity contribution in [1.29, 1.82) is 0 Å². The van der Waals surface area contributed by atoms with E-state index in [0.29, 0.717) is 5.54 Å². The number of isocyanates is 1. The van der Waals surface area contributed by atoms with Crippen molar-refractivity contribution in [3.05, 3.63) is 0 Å². The lowest BCUT2D eigenvalue weighted by Gasteiger charge is -2.47. The monoisotopic (exact) mass is 236 g/mol. The zero-order valence-corrected chi connectivity index (χ0v) is 11.1. The average molecular weight is 236 g/mol. The highest BCUT2D eigenvalue weighted by molar-refractivity contribution is 5.33. The van der Waals surface area contributed by atoms with Crippen molar-refractivity contribution < 1.29 is 4.79 Å². The fourth-order valence-corrected chi connectivity index (χ4v) is 3.31. The molecule has 2 rings (SSSR count). The third-order valence-electron chi connectivity index (χ3n) is 4.81. The van der Waals surface area contributed by atoms with Gasteiger partial charge in [-0.25, -0.2) is 9.79 Å². The van der Waals surface area contributed by atoms with Crippen LogP contribution < -0.4 is 0 Å². The van der Waals surface area contributed by atoms with Crippen LogP contribution in [0.3, 0.4) is 0 Å². The maximum atomic E-state index is 10.3. The highest BCUT2D eigenvalue weighted by atomic mass is 16.1. The van der Waals surface area contributed by atoms with Crippen LogP contribution in [0.1, 0.15) is 52.4 Å². The van der Waals surface area contributed by atoms with E-state index in [9.17, 15) is 4.79 Å². The van der Waals surface area contributed by atoms with Crippen molar-refractivity contribution in [1.82, 2.24) is 4.90 Å². The first-order valence-electron chi connectivity index (χ1n) is 6.96. The minimum absolute atomic E-state index is 0.231. The van der Waals surface area contributed by atoms with Crippen molar-refractivity contribution in [3.63, 3.8) is 0 Å². The van der Waals surface area contributed by atoms with E-state index in [-0.39, 0.29) is 6.04 Å². The van der Waals surface area contributed by atoms with Gasteiger partial charge >= 0.3 is 0 Å². The molecule has 0 unspecified atom stereocenters. The molecule has 0 spiro atoms. The van der Waals surface area contributed by atoms with Crippen molar-refractivity contribution in [3.8, 4) is 0 Å². The molecule has 0 amide bonds. The van der Waals surface area contributed by atoms with Gasteiger partial charge in [0.15, 0.2) is 0 Å². The summed E-state index contributed by atoms with van der Waals surface area (Å²) in [6, 6.07) is 0.231. The van der Waals surface area contributed by atoms with E-state index >= 15 is 0 Å². The number of likely N-dealkylation sites (tertiary alicyclic amines) is 1. The number of hydrogen-bond acceptors (Lipinski definition) is 3. The molecule has 1 heterocycles. The minimum Gasteiger partial charge on any atom is -0.298 e. The summed E-state index contributed by atoms with van der Waals surface area (Å²) in [5, 5.41) is 0. The molecule has 1 aliphatic carbocycles. The van der Waals surface area contributed by atoms with Crippen LogP contribution in [0, 0.1) is 5.92 Å². The van der Waals surface area contributed by atoms with E-state index in [1.165, 1.54) is 25.7 Å². The molecule has 2 aliphatic rings. The molecule has 0 aromatic rings. The zero-order chi connectivity index (χ0) is 12.3. The Morgan fingerprint density at radius 3 is 2.29 bits per heavy atom. The summed E-state index contributed by atoms with van der Waals surface area (Å²) in [4.78, 5) is 16.8. The summed E-state index contributed by atoms with van der Waals surface area (Å²) in [6.45, 7) is 6.98. The molecule has 0 radical (unpaired) electrons. The van der Waals surface area contributed by atoms with Gasteiger partial charge in [-0.2, -0.15) is 0 Å². The minimum atomic E-state index is 0.231. The topological polar surface area (TPSA) is 32.7 Å². The highest BCUT2D eigenvalue weighted by Gasteiger charge is 2.36. The molecule has 3 nitrogen and oxygen atoms in total. The first kappa shape index (κ1) is 12.8. The Morgan fingerprint density at radius 2 is 1.76 bits per heavy atom. The normalized spacial score (nSPS) is 36.5. The van der Waals surface area contributed by atoms with Gasteiger partial charge in [-0.3, -0.25) is 4.90 Å². The third kappa shape index (κ3) is 2.97. The third-order valence-corrected chi connectivity index (χ3v) is 4.81. The summed E-state index contributed by atoms with van der Waals surface area (Å²) in [5.41, 5.74) is 0.405. The van der Waals surface area contributed by atoms with E-state index in [0.717, 1.165) is 31.8 Å². The lowest BCUT2D eigenvalue weighted by Crippen LogP contribution is -2.52. The van der Waals surface area contributed by atoms with Gasteiger partial charge in [-0.1, -0.05) is 6.92 Å². The fraction of sp³-hybridized carbons (Fsp3) is 0.929. The van der Waals surface area contributed by atoms with Crippen molar-refractivity contribution >= 4 is 6.08 Å². The van der Waals surface area contributed by atoms with E-state index in [2.05, 4.69) is 23.7 Å². The molecule has 1 saturated heterocycles. The van der Waals surface area contributed by atoms with E-state index in [1.54, 1.807) is 6.08 Å². The molecular formula is C14H24N2O. The lowest BCUT2D eigenvalue weighted by molar-refractivity contribution is 0.0337. The summed E-state index contributed by atoms with van der Waals surface area (Å²) < 4.78 is 0. The number of carbonyl (C=O) groups excluding carboxylic acids is 1. The van der Waals surface area contributed by atoms with Gasteiger partial charge in [-0.05, 0) is 51.4 Å². The molecule has 0 bridgehead atoms. The molecule has 0 N–H and O–H groups in total. The Bertz CT molecular complexity index is 293.